The number of aromatic nitrogens is 4. The lowest BCUT2D eigenvalue weighted by molar-refractivity contribution is 0.839. The highest BCUT2D eigenvalue weighted by atomic mass is 15.3. The number of para-hydroxylation sites is 1. The first-order valence-electron chi connectivity index (χ1n) is 7.27. The van der Waals surface area contributed by atoms with Crippen molar-refractivity contribution in [3.05, 3.63) is 65.1 Å². The predicted octanol–water partition coefficient (Wildman–Crippen LogP) is 2.76. The standard InChI is InChI=1S/C17H16N6/c1-12-13(2)20-21-17(16(12)10-18)19-11-14-8-9-23(22-14)15-6-4-3-5-7-15/h3-9H,11H2,1-2H3,(H,19,21). The molecule has 23 heavy (non-hydrogen) atoms. The fourth-order valence-corrected chi connectivity index (χ4v) is 2.22. The second kappa shape index (κ2) is 6.28. The van der Waals surface area contributed by atoms with Crippen LogP contribution in [0, 0.1) is 25.2 Å². The van der Waals surface area contributed by atoms with Gasteiger partial charge in [-0.25, -0.2) is 4.68 Å². The molecule has 3 aromatic rings. The molecule has 0 radical (unpaired) electrons. The second-order valence-electron chi connectivity index (χ2n) is 5.19. The number of hydrogen-bond acceptors (Lipinski definition) is 5. The van der Waals surface area contributed by atoms with E-state index in [0.29, 0.717) is 17.9 Å². The van der Waals surface area contributed by atoms with E-state index in [9.17, 15) is 5.26 Å². The minimum atomic E-state index is 0.478. The maximum Gasteiger partial charge on any atom is 0.167 e. The van der Waals surface area contributed by atoms with Crippen LogP contribution in [-0.2, 0) is 6.54 Å². The minimum absolute atomic E-state index is 0.478. The van der Waals surface area contributed by atoms with Gasteiger partial charge in [-0.1, -0.05) is 18.2 Å². The normalized spacial score (nSPS) is 10.3. The first-order chi connectivity index (χ1) is 11.2. The Kier molecular flexibility index (Phi) is 4.02. The lowest BCUT2D eigenvalue weighted by atomic mass is 10.1. The Balaban J connectivity index is 1.77. The van der Waals surface area contributed by atoms with Crippen LogP contribution in [0.3, 0.4) is 0 Å². The summed E-state index contributed by atoms with van der Waals surface area (Å²) in [5.74, 6) is 0.491. The molecule has 0 amide bonds. The molecule has 6 nitrogen and oxygen atoms in total. The molecule has 0 saturated heterocycles. The quantitative estimate of drug-likeness (QED) is 0.801. The molecule has 0 spiro atoms. The van der Waals surface area contributed by atoms with Crippen LogP contribution < -0.4 is 5.32 Å². The zero-order valence-electron chi connectivity index (χ0n) is 13.0. The molecule has 0 fully saturated rings. The minimum Gasteiger partial charge on any atom is -0.362 e. The Morgan fingerprint density at radius 2 is 1.91 bits per heavy atom. The van der Waals surface area contributed by atoms with Crippen molar-refractivity contribution in [2.45, 2.75) is 20.4 Å². The summed E-state index contributed by atoms with van der Waals surface area (Å²) in [6, 6.07) is 14.0. The van der Waals surface area contributed by atoms with E-state index in [1.54, 1.807) is 0 Å². The molecule has 6 heteroatoms. The molecule has 0 atom stereocenters. The molecule has 0 aliphatic heterocycles. The molecular weight excluding hydrogens is 288 g/mol. The first kappa shape index (κ1) is 14.7. The van der Waals surface area contributed by atoms with E-state index in [4.69, 9.17) is 0 Å². The lowest BCUT2D eigenvalue weighted by Gasteiger charge is -2.08. The maximum absolute atomic E-state index is 9.30. The molecular formula is C17H16N6. The SMILES string of the molecule is Cc1nnc(NCc2ccn(-c3ccccc3)n2)c(C#N)c1C. The van der Waals surface area contributed by atoms with Gasteiger partial charge in [0.2, 0.25) is 0 Å². The molecule has 0 saturated carbocycles. The topological polar surface area (TPSA) is 79.4 Å². The lowest BCUT2D eigenvalue weighted by Crippen LogP contribution is -2.08. The Morgan fingerprint density at radius 3 is 2.65 bits per heavy atom. The number of anilines is 1. The van der Waals surface area contributed by atoms with E-state index in [0.717, 1.165) is 22.6 Å². The number of nitrogens with one attached hydrogen (secondary N) is 1. The average Bonchev–Trinajstić information content (AvgIpc) is 3.06. The van der Waals surface area contributed by atoms with E-state index in [1.165, 1.54) is 0 Å². The summed E-state index contributed by atoms with van der Waals surface area (Å²) < 4.78 is 1.81. The number of aryl methyl sites for hydroxylation is 1. The van der Waals surface area contributed by atoms with Crippen LogP contribution in [0.2, 0.25) is 0 Å². The van der Waals surface area contributed by atoms with E-state index in [1.807, 2.05) is 61.1 Å². The highest BCUT2D eigenvalue weighted by Gasteiger charge is 2.11. The van der Waals surface area contributed by atoms with E-state index >= 15 is 0 Å². The van der Waals surface area contributed by atoms with Crippen molar-refractivity contribution >= 4 is 5.82 Å². The molecule has 0 aliphatic carbocycles. The first-order valence-corrected chi connectivity index (χ1v) is 7.27. The van der Waals surface area contributed by atoms with Crippen LogP contribution in [0.5, 0.6) is 0 Å². The molecule has 1 N–H and O–H groups in total. The van der Waals surface area contributed by atoms with E-state index < -0.39 is 0 Å². The van der Waals surface area contributed by atoms with Crippen LogP contribution in [0.25, 0.3) is 5.69 Å². The van der Waals surface area contributed by atoms with Crippen molar-refractivity contribution in [2.75, 3.05) is 5.32 Å². The third-order valence-electron chi connectivity index (χ3n) is 3.67. The van der Waals surface area contributed by atoms with Crippen molar-refractivity contribution < 1.29 is 0 Å². The van der Waals surface area contributed by atoms with E-state index in [-0.39, 0.29) is 0 Å². The van der Waals surface area contributed by atoms with Gasteiger partial charge in [0.1, 0.15) is 11.6 Å². The number of rotatable bonds is 4. The predicted molar refractivity (Wildman–Crippen MR) is 87.1 cm³/mol. The van der Waals surface area contributed by atoms with Crippen molar-refractivity contribution in [1.82, 2.24) is 20.0 Å². The van der Waals surface area contributed by atoms with Crippen LogP contribution in [-0.4, -0.2) is 20.0 Å². The molecule has 0 bridgehead atoms. The average molecular weight is 304 g/mol. The van der Waals surface area contributed by atoms with Gasteiger partial charge in [-0.2, -0.15) is 15.5 Å². The van der Waals surface area contributed by atoms with Crippen LogP contribution in [0.1, 0.15) is 22.5 Å². The van der Waals surface area contributed by atoms with Gasteiger partial charge in [0.15, 0.2) is 5.82 Å². The third kappa shape index (κ3) is 3.04. The van der Waals surface area contributed by atoms with Crippen molar-refractivity contribution in [2.24, 2.45) is 0 Å². The molecule has 2 aromatic heterocycles. The smallest absolute Gasteiger partial charge is 0.167 e. The molecule has 1 aromatic carbocycles. The van der Waals surface area contributed by atoms with Gasteiger partial charge in [0.05, 0.1) is 23.6 Å². The number of nitrogens with zero attached hydrogens (tertiary/aromatic N) is 5. The van der Waals surface area contributed by atoms with Gasteiger partial charge in [-0.15, -0.1) is 5.10 Å². The summed E-state index contributed by atoms with van der Waals surface area (Å²) in [7, 11) is 0. The number of nitriles is 1. The fourth-order valence-electron chi connectivity index (χ4n) is 2.22. The Hall–Kier alpha value is -3.20. The van der Waals surface area contributed by atoms with Gasteiger partial charge in [-0.3, -0.25) is 0 Å². The van der Waals surface area contributed by atoms with Crippen LogP contribution in [0.15, 0.2) is 42.6 Å². The molecule has 0 aliphatic rings. The molecule has 0 unspecified atom stereocenters. The van der Waals surface area contributed by atoms with Crippen molar-refractivity contribution in [3.63, 3.8) is 0 Å². The number of benzene rings is 1. The van der Waals surface area contributed by atoms with Crippen LogP contribution >= 0.6 is 0 Å². The summed E-state index contributed by atoms with van der Waals surface area (Å²) in [4.78, 5) is 0. The maximum atomic E-state index is 9.30. The summed E-state index contributed by atoms with van der Waals surface area (Å²) in [6.45, 7) is 4.19. The largest absolute Gasteiger partial charge is 0.362 e. The molecule has 3 rings (SSSR count). The fraction of sp³-hybridized carbons (Fsp3) is 0.176. The summed E-state index contributed by atoms with van der Waals surface area (Å²) in [5, 5.41) is 25.1. The third-order valence-corrected chi connectivity index (χ3v) is 3.67. The van der Waals surface area contributed by atoms with E-state index in [2.05, 4.69) is 26.7 Å². The molecule has 114 valence electrons. The van der Waals surface area contributed by atoms with Crippen LogP contribution in [0.4, 0.5) is 5.82 Å². The Labute approximate surface area is 134 Å². The summed E-state index contributed by atoms with van der Waals surface area (Å²) in [6.07, 6.45) is 1.91. The highest BCUT2D eigenvalue weighted by molar-refractivity contribution is 5.55. The second-order valence-corrected chi connectivity index (χ2v) is 5.19. The summed E-state index contributed by atoms with van der Waals surface area (Å²) in [5.41, 5.74) is 4.00. The van der Waals surface area contributed by atoms with Gasteiger partial charge in [0, 0.05) is 6.20 Å². The van der Waals surface area contributed by atoms with Gasteiger partial charge < -0.3 is 5.32 Å². The molecule has 2 heterocycles. The summed E-state index contributed by atoms with van der Waals surface area (Å²) >= 11 is 0. The number of hydrogen-bond donors (Lipinski definition) is 1. The highest BCUT2D eigenvalue weighted by Crippen LogP contribution is 2.17. The monoisotopic (exact) mass is 304 g/mol. The van der Waals surface area contributed by atoms with Gasteiger partial charge in [0.25, 0.3) is 0 Å². The van der Waals surface area contributed by atoms with Gasteiger partial charge >= 0.3 is 0 Å². The van der Waals surface area contributed by atoms with Crippen molar-refractivity contribution in [1.29, 1.82) is 5.26 Å². The Morgan fingerprint density at radius 1 is 1.13 bits per heavy atom. The van der Waals surface area contributed by atoms with Gasteiger partial charge in [-0.05, 0) is 37.6 Å². The zero-order chi connectivity index (χ0) is 16.2. The zero-order valence-corrected chi connectivity index (χ0v) is 13.0. The Bertz CT molecular complexity index is 861. The van der Waals surface area contributed by atoms with Crippen molar-refractivity contribution in [3.8, 4) is 11.8 Å².